The molecule has 0 nitrogen and oxygen atoms in total. The maximum Gasteiger partial charge on any atom is -0.00107 e. The van der Waals surface area contributed by atoms with Crippen molar-refractivity contribution in [2.45, 2.75) is 109 Å². The maximum atomic E-state index is 2.34. The number of fused-ring (bicyclic) bond motifs is 9. The minimum atomic E-state index is 1.10. The highest BCUT2D eigenvalue weighted by atomic mass is 14.2. The van der Waals surface area contributed by atoms with Crippen LogP contribution < -0.4 is 0 Å². The van der Waals surface area contributed by atoms with Crippen LogP contribution in [0.2, 0.25) is 0 Å². The molecule has 0 heteroatoms. The van der Waals surface area contributed by atoms with Gasteiger partial charge in [-0.3, -0.25) is 0 Å². The molecule has 0 bridgehead atoms. The average Bonchev–Trinajstić information content (AvgIpc) is 4.07. The van der Waals surface area contributed by atoms with E-state index in [1.807, 2.05) is 0 Å². The van der Waals surface area contributed by atoms with Gasteiger partial charge in [0.1, 0.15) is 0 Å². The maximum absolute atomic E-state index is 2.34. The molecule has 13 rings (SSSR count). The SMILES string of the molecule is CC1=C(C)c2ccccc2C1.Cc1cc2c(cc1C)-c1ccccc1C2.Cc1cc2ccccc2cc1C.Cc1ccc2c(c1C)Cc1ccccc1-2.Cc1ccc2ccccc2c1C.Cc1cccc(C)c1C. The lowest BCUT2D eigenvalue weighted by Crippen LogP contribution is -1.89. The number of hydrogen-bond acceptors (Lipinski definition) is 0. The first-order valence-corrected chi connectivity index (χ1v) is 26.6. The van der Waals surface area contributed by atoms with Crippen LogP contribution in [0.4, 0.5) is 0 Å². The summed E-state index contributed by atoms with van der Waals surface area (Å²) in [5, 5.41) is 5.37. The van der Waals surface area contributed by atoms with Crippen molar-refractivity contribution in [3.05, 3.63) is 288 Å². The zero-order valence-electron chi connectivity index (χ0n) is 46.5. The Hall–Kier alpha value is -7.54. The van der Waals surface area contributed by atoms with Crippen LogP contribution in [0.5, 0.6) is 0 Å². The Morgan fingerprint density at radius 3 is 1.28 bits per heavy atom. The summed E-state index contributed by atoms with van der Waals surface area (Å²) in [5.41, 5.74) is 33.0. The average molecular weight is 965 g/mol. The Morgan fingerprint density at radius 1 is 0.243 bits per heavy atom. The lowest BCUT2D eigenvalue weighted by Gasteiger charge is -2.06. The van der Waals surface area contributed by atoms with Crippen molar-refractivity contribution >= 4 is 27.1 Å². The lowest BCUT2D eigenvalue weighted by molar-refractivity contribution is 1.19. The fourth-order valence-electron chi connectivity index (χ4n) is 10.5. The van der Waals surface area contributed by atoms with Crippen molar-refractivity contribution in [1.82, 2.24) is 0 Å². The van der Waals surface area contributed by atoms with E-state index in [1.54, 1.807) is 0 Å². The van der Waals surface area contributed by atoms with Gasteiger partial charge in [0.25, 0.3) is 0 Å². The summed E-state index contributed by atoms with van der Waals surface area (Å²) in [6, 6.07) is 67.5. The van der Waals surface area contributed by atoms with Gasteiger partial charge in [0.15, 0.2) is 0 Å². The highest BCUT2D eigenvalue weighted by Gasteiger charge is 2.20. The molecule has 10 aromatic carbocycles. The van der Waals surface area contributed by atoms with Crippen LogP contribution in [0.15, 0.2) is 194 Å². The molecule has 0 radical (unpaired) electrons. The first kappa shape index (κ1) is 52.8. The quantitative estimate of drug-likeness (QED) is 0.142. The fourth-order valence-corrected chi connectivity index (χ4v) is 10.5. The van der Waals surface area contributed by atoms with Gasteiger partial charge in [0.05, 0.1) is 0 Å². The minimum Gasteiger partial charge on any atom is -0.0654 e. The van der Waals surface area contributed by atoms with Gasteiger partial charge >= 0.3 is 0 Å². The molecule has 0 aliphatic heterocycles. The Labute approximate surface area is 444 Å². The third-order valence-corrected chi connectivity index (χ3v) is 16.2. The van der Waals surface area contributed by atoms with Gasteiger partial charge in [-0.25, -0.2) is 0 Å². The summed E-state index contributed by atoms with van der Waals surface area (Å²) in [7, 11) is 0. The summed E-state index contributed by atoms with van der Waals surface area (Å²) in [6.45, 7) is 28.3. The second kappa shape index (κ2) is 23.6. The van der Waals surface area contributed by atoms with E-state index in [0.717, 1.165) is 19.3 Å². The molecule has 3 aliphatic rings. The second-order valence-corrected chi connectivity index (χ2v) is 21.1. The highest BCUT2D eigenvalue weighted by Crippen LogP contribution is 2.40. The monoisotopic (exact) mass is 965 g/mol. The van der Waals surface area contributed by atoms with Gasteiger partial charge in [-0.15, -0.1) is 0 Å². The number of hydrogen-bond donors (Lipinski definition) is 0. The molecule has 0 N–H and O–H groups in total. The van der Waals surface area contributed by atoms with E-state index in [2.05, 4.69) is 278 Å². The minimum absolute atomic E-state index is 1.10. The Morgan fingerprint density at radius 2 is 0.689 bits per heavy atom. The van der Waals surface area contributed by atoms with E-state index in [-0.39, 0.29) is 0 Å². The second-order valence-electron chi connectivity index (χ2n) is 21.1. The van der Waals surface area contributed by atoms with Crippen LogP contribution in [0, 0.1) is 76.2 Å². The van der Waals surface area contributed by atoms with Crippen molar-refractivity contribution in [3.63, 3.8) is 0 Å². The van der Waals surface area contributed by atoms with Gasteiger partial charge in [-0.05, 0) is 253 Å². The van der Waals surface area contributed by atoms with E-state index < -0.39 is 0 Å². The Kier molecular flexibility index (Phi) is 16.8. The molecule has 0 unspecified atom stereocenters. The van der Waals surface area contributed by atoms with Gasteiger partial charge in [0, 0.05) is 0 Å². The topological polar surface area (TPSA) is 0 Å². The van der Waals surface area contributed by atoms with Crippen LogP contribution in [0.1, 0.15) is 108 Å². The lowest BCUT2D eigenvalue weighted by atomic mass is 9.98. The predicted molar refractivity (Wildman–Crippen MR) is 324 cm³/mol. The van der Waals surface area contributed by atoms with Crippen LogP contribution in [-0.4, -0.2) is 0 Å². The molecular weight excluding hydrogens is 889 g/mol. The fraction of sp³-hybridized carbons (Fsp3) is 0.216. The van der Waals surface area contributed by atoms with Crippen LogP contribution >= 0.6 is 0 Å². The van der Waals surface area contributed by atoms with Crippen LogP contribution in [0.25, 0.3) is 49.4 Å². The Balaban J connectivity index is 0.000000119. The molecule has 74 heavy (non-hydrogen) atoms. The number of benzene rings is 10. The predicted octanol–water partition coefficient (Wildman–Crippen LogP) is 20.3. The van der Waals surface area contributed by atoms with E-state index in [9.17, 15) is 0 Å². The third-order valence-electron chi connectivity index (χ3n) is 16.2. The molecule has 0 saturated heterocycles. The number of rotatable bonds is 0. The number of allylic oxidation sites excluding steroid dienone is 2. The van der Waals surface area contributed by atoms with Gasteiger partial charge in [-0.2, -0.15) is 0 Å². The van der Waals surface area contributed by atoms with Gasteiger partial charge in [-0.1, -0.05) is 194 Å². The molecule has 0 saturated carbocycles. The van der Waals surface area contributed by atoms with Crippen molar-refractivity contribution in [3.8, 4) is 22.3 Å². The van der Waals surface area contributed by atoms with Crippen molar-refractivity contribution in [1.29, 1.82) is 0 Å². The first-order chi connectivity index (χ1) is 35.6. The largest absolute Gasteiger partial charge is 0.0654 e. The summed E-state index contributed by atoms with van der Waals surface area (Å²) >= 11 is 0. The zero-order chi connectivity index (χ0) is 52.6. The molecule has 0 heterocycles. The zero-order valence-corrected chi connectivity index (χ0v) is 46.5. The van der Waals surface area contributed by atoms with Crippen LogP contribution in [0.3, 0.4) is 0 Å². The summed E-state index contributed by atoms with van der Waals surface area (Å²) in [4.78, 5) is 0. The third kappa shape index (κ3) is 11.9. The molecule has 0 aromatic heterocycles. The van der Waals surface area contributed by atoms with Gasteiger partial charge in [0.2, 0.25) is 0 Å². The molecule has 10 aromatic rings. The summed E-state index contributed by atoms with van der Waals surface area (Å²) < 4.78 is 0. The molecular formula is C74H76. The van der Waals surface area contributed by atoms with E-state index >= 15 is 0 Å². The standard InChI is InChI=1S/2C15H14.2C12H12.C11H12.C9H12/c1-10-7-13-9-12-5-3-4-6-14(12)15(13)8-11(10)2;1-10-7-8-14-13-6-4-3-5-12(13)9-15(14)11(10)2;1-9-7-11-5-3-4-6-12(11)8-10(9)2;1-9-7-8-11-5-3-4-6-12(11)10(9)2;1-8-7-10-5-3-4-6-11(10)9(8)2;1-7-5-4-6-8(2)9(7)3/h2*3-8H,9H2,1-2H3;2*3-8H,1-2H3;3-6H,7H2,1-2H3;4-6H,1-3H3. The summed E-state index contributed by atoms with van der Waals surface area (Å²) in [6.07, 6.45) is 3.37. The van der Waals surface area contributed by atoms with Crippen molar-refractivity contribution in [2.24, 2.45) is 0 Å². The van der Waals surface area contributed by atoms with E-state index in [4.69, 9.17) is 0 Å². The van der Waals surface area contributed by atoms with Gasteiger partial charge < -0.3 is 0 Å². The molecule has 3 aliphatic carbocycles. The molecule has 0 amide bonds. The normalized spacial score (nSPS) is 11.9. The van der Waals surface area contributed by atoms with E-state index in [0.29, 0.717) is 0 Å². The molecule has 0 atom stereocenters. The summed E-state index contributed by atoms with van der Waals surface area (Å²) in [5.74, 6) is 0. The van der Waals surface area contributed by atoms with Crippen LogP contribution in [-0.2, 0) is 19.3 Å². The molecule has 372 valence electrons. The highest BCUT2D eigenvalue weighted by molar-refractivity contribution is 5.87. The van der Waals surface area contributed by atoms with E-state index in [1.165, 1.54) is 150 Å². The smallest absolute Gasteiger partial charge is 0.00107 e. The van der Waals surface area contributed by atoms with Crippen molar-refractivity contribution in [2.75, 3.05) is 0 Å². The molecule has 0 fully saturated rings. The Bertz CT molecular complexity index is 3590. The first-order valence-electron chi connectivity index (χ1n) is 26.6. The van der Waals surface area contributed by atoms with Crippen molar-refractivity contribution < 1.29 is 0 Å². The molecule has 0 spiro atoms. The number of aryl methyl sites for hydroxylation is 9.